The molecule has 2 N–H and O–H groups in total. The van der Waals surface area contributed by atoms with Crippen LogP contribution in [-0.2, 0) is 4.79 Å². The van der Waals surface area contributed by atoms with E-state index in [1.165, 1.54) is 37.7 Å². The third-order valence-corrected chi connectivity index (χ3v) is 5.37. The van der Waals surface area contributed by atoms with Gasteiger partial charge in [0.25, 0.3) is 0 Å². The molecular formula is C19H33N3O3. The number of piperidine rings is 1. The average molecular weight is 351 g/mol. The van der Waals surface area contributed by atoms with Gasteiger partial charge in [0.05, 0.1) is 6.54 Å². The van der Waals surface area contributed by atoms with Gasteiger partial charge in [-0.2, -0.15) is 0 Å². The van der Waals surface area contributed by atoms with E-state index < -0.39 is 5.97 Å². The second-order valence-electron chi connectivity index (χ2n) is 7.12. The lowest BCUT2D eigenvalue weighted by molar-refractivity contribution is -0.139. The van der Waals surface area contributed by atoms with E-state index in [1.807, 2.05) is 16.7 Å². The second kappa shape index (κ2) is 10.4. The molecule has 25 heavy (non-hydrogen) atoms. The highest BCUT2D eigenvalue weighted by Crippen LogP contribution is 2.19. The Bertz CT molecular complexity index is 471. The van der Waals surface area contributed by atoms with Gasteiger partial charge in [-0.1, -0.05) is 25.0 Å². The summed E-state index contributed by atoms with van der Waals surface area (Å²) in [5.74, 6) is -0.783. The molecule has 0 aromatic rings. The van der Waals surface area contributed by atoms with Gasteiger partial charge in [-0.3, -0.25) is 9.69 Å². The number of carbonyl (C=O) groups excluding carboxylic acids is 1. The van der Waals surface area contributed by atoms with Crippen LogP contribution in [0.4, 0.5) is 4.79 Å². The fraction of sp³-hybridized carbons (Fsp3) is 0.789. The minimum Gasteiger partial charge on any atom is -0.480 e. The third kappa shape index (κ3) is 6.69. The van der Waals surface area contributed by atoms with Crippen LogP contribution < -0.4 is 5.32 Å². The van der Waals surface area contributed by atoms with E-state index in [4.69, 9.17) is 5.11 Å². The molecule has 1 fully saturated rings. The molecule has 2 aliphatic rings. The number of carboxylic acids is 1. The monoisotopic (exact) mass is 351 g/mol. The Morgan fingerprint density at radius 2 is 2.04 bits per heavy atom. The second-order valence-corrected chi connectivity index (χ2v) is 7.12. The van der Waals surface area contributed by atoms with E-state index in [9.17, 15) is 9.59 Å². The number of nitrogens with zero attached hydrogens (tertiary/aromatic N) is 2. The Morgan fingerprint density at radius 3 is 2.72 bits per heavy atom. The Hall–Kier alpha value is -1.56. The molecule has 0 saturated carbocycles. The Morgan fingerprint density at radius 1 is 1.28 bits per heavy atom. The van der Waals surface area contributed by atoms with Crippen molar-refractivity contribution in [2.75, 3.05) is 32.7 Å². The normalized spacial score (nSPS) is 19.4. The molecule has 6 heteroatoms. The van der Waals surface area contributed by atoms with Crippen LogP contribution in [0.2, 0.25) is 0 Å². The summed E-state index contributed by atoms with van der Waals surface area (Å²) in [6.07, 6.45) is 11.3. The van der Waals surface area contributed by atoms with Gasteiger partial charge in [-0.05, 0) is 51.5 Å². The maximum absolute atomic E-state index is 12.3. The zero-order valence-corrected chi connectivity index (χ0v) is 15.5. The van der Waals surface area contributed by atoms with Gasteiger partial charge in [0.1, 0.15) is 0 Å². The number of carbonyl (C=O) groups is 2. The van der Waals surface area contributed by atoms with Crippen molar-refractivity contribution in [3.8, 4) is 0 Å². The highest BCUT2D eigenvalue weighted by molar-refractivity contribution is 5.74. The van der Waals surface area contributed by atoms with Crippen LogP contribution in [0.3, 0.4) is 0 Å². The minimum absolute atomic E-state index is 0.0222. The van der Waals surface area contributed by atoms with Crippen molar-refractivity contribution in [1.29, 1.82) is 0 Å². The van der Waals surface area contributed by atoms with E-state index in [1.54, 1.807) is 0 Å². The van der Waals surface area contributed by atoms with E-state index in [0.717, 1.165) is 25.8 Å². The maximum Gasteiger partial charge on any atom is 0.317 e. The SMILES string of the molecule is CCN(CC(=O)O)C1CCN(C(=O)NCCC2=CCCCCC2)CC1. The van der Waals surface area contributed by atoms with Crippen LogP contribution in [0.25, 0.3) is 0 Å². The molecule has 0 unspecified atom stereocenters. The highest BCUT2D eigenvalue weighted by Gasteiger charge is 2.27. The lowest BCUT2D eigenvalue weighted by Crippen LogP contribution is -2.50. The van der Waals surface area contributed by atoms with Crippen molar-refractivity contribution in [3.05, 3.63) is 11.6 Å². The number of aliphatic carboxylic acids is 1. The quantitative estimate of drug-likeness (QED) is 0.692. The summed E-state index contributed by atoms with van der Waals surface area (Å²) >= 11 is 0. The number of nitrogens with one attached hydrogen (secondary N) is 1. The number of likely N-dealkylation sites (tertiary alicyclic amines) is 1. The molecule has 0 radical (unpaired) electrons. The van der Waals surface area contributed by atoms with Crippen molar-refractivity contribution >= 4 is 12.0 Å². The Balaban J connectivity index is 1.68. The van der Waals surface area contributed by atoms with E-state index >= 15 is 0 Å². The molecular weight excluding hydrogens is 318 g/mol. The number of carboxylic acid groups (broad SMARTS) is 1. The van der Waals surface area contributed by atoms with E-state index in [0.29, 0.717) is 19.6 Å². The van der Waals surface area contributed by atoms with E-state index in [-0.39, 0.29) is 18.6 Å². The molecule has 1 heterocycles. The van der Waals surface area contributed by atoms with Crippen LogP contribution in [0.5, 0.6) is 0 Å². The number of amides is 2. The van der Waals surface area contributed by atoms with E-state index in [2.05, 4.69) is 11.4 Å². The van der Waals surface area contributed by atoms with Crippen molar-refractivity contribution in [2.45, 2.75) is 64.3 Å². The van der Waals surface area contributed by atoms with Gasteiger partial charge in [-0.15, -0.1) is 0 Å². The van der Waals surface area contributed by atoms with Gasteiger partial charge < -0.3 is 15.3 Å². The van der Waals surface area contributed by atoms with Crippen molar-refractivity contribution in [1.82, 2.24) is 15.1 Å². The summed E-state index contributed by atoms with van der Waals surface area (Å²) in [5.41, 5.74) is 1.49. The molecule has 2 amide bonds. The van der Waals surface area contributed by atoms with Gasteiger partial charge in [-0.25, -0.2) is 4.79 Å². The number of rotatable bonds is 7. The lowest BCUT2D eigenvalue weighted by Gasteiger charge is -2.37. The van der Waals surface area contributed by atoms with Crippen molar-refractivity contribution in [2.24, 2.45) is 0 Å². The third-order valence-electron chi connectivity index (χ3n) is 5.37. The Kier molecular flexibility index (Phi) is 8.25. The first-order valence-electron chi connectivity index (χ1n) is 9.76. The predicted octanol–water partition coefficient (Wildman–Crippen LogP) is 2.85. The number of hydrogen-bond acceptors (Lipinski definition) is 3. The smallest absolute Gasteiger partial charge is 0.317 e. The Labute approximate surface area is 151 Å². The lowest BCUT2D eigenvalue weighted by atomic mass is 10.0. The summed E-state index contributed by atoms with van der Waals surface area (Å²) in [6, 6.07) is 0.287. The summed E-state index contributed by atoms with van der Waals surface area (Å²) in [7, 11) is 0. The fourth-order valence-electron chi connectivity index (χ4n) is 3.86. The zero-order valence-electron chi connectivity index (χ0n) is 15.5. The molecule has 1 aliphatic carbocycles. The molecule has 0 bridgehead atoms. The van der Waals surface area contributed by atoms with Crippen LogP contribution >= 0.6 is 0 Å². The van der Waals surface area contributed by atoms with Gasteiger partial charge in [0, 0.05) is 25.7 Å². The molecule has 0 atom stereocenters. The van der Waals surface area contributed by atoms with Gasteiger partial charge >= 0.3 is 12.0 Å². The highest BCUT2D eigenvalue weighted by atomic mass is 16.4. The topological polar surface area (TPSA) is 72.9 Å². The molecule has 0 aromatic heterocycles. The maximum atomic E-state index is 12.3. The molecule has 142 valence electrons. The van der Waals surface area contributed by atoms with Crippen LogP contribution in [0.15, 0.2) is 11.6 Å². The number of allylic oxidation sites excluding steroid dienone is 1. The molecule has 0 aromatic carbocycles. The number of likely N-dealkylation sites (N-methyl/N-ethyl adjacent to an activating group) is 1. The fourth-order valence-corrected chi connectivity index (χ4v) is 3.86. The minimum atomic E-state index is -0.783. The predicted molar refractivity (Wildman–Crippen MR) is 98.7 cm³/mol. The first kappa shape index (κ1) is 19.8. The van der Waals surface area contributed by atoms with Gasteiger partial charge in [0.15, 0.2) is 0 Å². The molecule has 0 spiro atoms. The summed E-state index contributed by atoms with van der Waals surface area (Å²) < 4.78 is 0. The number of hydrogen-bond donors (Lipinski definition) is 2. The first-order valence-corrected chi connectivity index (χ1v) is 9.76. The van der Waals surface area contributed by atoms with Crippen LogP contribution in [-0.4, -0.2) is 65.7 Å². The molecule has 2 rings (SSSR count). The van der Waals surface area contributed by atoms with Crippen molar-refractivity contribution < 1.29 is 14.7 Å². The molecule has 1 saturated heterocycles. The zero-order chi connectivity index (χ0) is 18.1. The largest absolute Gasteiger partial charge is 0.480 e. The molecule has 6 nitrogen and oxygen atoms in total. The van der Waals surface area contributed by atoms with Crippen LogP contribution in [0.1, 0.15) is 58.3 Å². The number of urea groups is 1. The van der Waals surface area contributed by atoms with Crippen LogP contribution in [0, 0.1) is 0 Å². The molecule has 1 aliphatic heterocycles. The van der Waals surface area contributed by atoms with Crippen molar-refractivity contribution in [3.63, 3.8) is 0 Å². The standard InChI is InChI=1S/C19H33N3O3/c1-2-21(15-18(23)24)17-10-13-22(14-11-17)19(25)20-12-9-16-7-5-3-4-6-8-16/h7,17H,2-6,8-15H2,1H3,(H,20,25)(H,23,24). The summed E-state index contributed by atoms with van der Waals surface area (Å²) in [4.78, 5) is 27.1. The average Bonchev–Trinajstić information content (AvgIpc) is 2.88. The summed E-state index contributed by atoms with van der Waals surface area (Å²) in [6.45, 7) is 4.93. The first-order chi connectivity index (χ1) is 12.1. The summed E-state index contributed by atoms with van der Waals surface area (Å²) in [5, 5.41) is 12.0. The van der Waals surface area contributed by atoms with Gasteiger partial charge in [0.2, 0.25) is 0 Å².